The quantitative estimate of drug-likeness (QED) is 0.724. The second kappa shape index (κ2) is 9.66. The summed E-state index contributed by atoms with van der Waals surface area (Å²) in [6, 6.07) is 7.95. The molecule has 3 heteroatoms. The maximum atomic E-state index is 10.9. The fourth-order valence-corrected chi connectivity index (χ4v) is 1.53. The Labute approximate surface area is 112 Å². The maximum absolute atomic E-state index is 10.9. The number of nitrogens with one attached hydrogen (secondary N) is 1. The van der Waals surface area contributed by atoms with Crippen molar-refractivity contribution in [3.05, 3.63) is 29.8 Å². The first-order chi connectivity index (χ1) is 8.22. The van der Waals surface area contributed by atoms with Crippen LogP contribution in [0.5, 0.6) is 5.75 Å². The smallest absolute Gasteiger partial charge is 0.130 e. The van der Waals surface area contributed by atoms with Gasteiger partial charge in [-0.1, -0.05) is 26.5 Å². The molecule has 0 radical (unpaired) electrons. The lowest BCUT2D eigenvalue weighted by molar-refractivity contribution is -0.116. The Kier molecular flexibility index (Phi) is 8.93. The van der Waals surface area contributed by atoms with Gasteiger partial charge in [0, 0.05) is 14.4 Å². The van der Waals surface area contributed by atoms with Crippen molar-refractivity contribution in [2.24, 2.45) is 0 Å². The van der Waals surface area contributed by atoms with Gasteiger partial charge >= 0.3 is 0 Å². The average Bonchev–Trinajstić information content (AvgIpc) is 2.33. The number of likely N-dealkylation sites (N-methyl/N-ethyl adjacent to an activating group) is 1. The second-order valence-electron chi connectivity index (χ2n) is 4.05. The Morgan fingerprint density at radius 2 is 2.22 bits per heavy atom. The van der Waals surface area contributed by atoms with E-state index in [9.17, 15) is 4.79 Å². The van der Waals surface area contributed by atoms with E-state index in [1.54, 1.807) is 6.92 Å². The Bertz CT molecular complexity index is 356. The minimum atomic E-state index is 0. The highest BCUT2D eigenvalue weighted by molar-refractivity contribution is 5.75. The fraction of sp³-hybridized carbons (Fsp3) is 0.533. The summed E-state index contributed by atoms with van der Waals surface area (Å²) in [4.78, 5) is 10.9. The molecule has 1 rings (SSSR count). The molecule has 0 aromatic heterocycles. The molecule has 18 heavy (non-hydrogen) atoms. The summed E-state index contributed by atoms with van der Waals surface area (Å²) in [5.74, 6) is 1.10. The van der Waals surface area contributed by atoms with E-state index in [4.69, 9.17) is 4.74 Å². The lowest BCUT2D eigenvalue weighted by atomic mass is 10.1. The SMILES string of the molecule is C.CCNCCOc1cccc(CCC(C)=O)c1.[HH]. The third kappa shape index (κ3) is 7.07. The van der Waals surface area contributed by atoms with Crippen LogP contribution in [0.3, 0.4) is 0 Å². The van der Waals surface area contributed by atoms with E-state index in [2.05, 4.69) is 12.2 Å². The molecule has 0 saturated heterocycles. The van der Waals surface area contributed by atoms with Crippen LogP contribution in [0.15, 0.2) is 24.3 Å². The molecule has 0 bridgehead atoms. The molecule has 0 fully saturated rings. The minimum Gasteiger partial charge on any atom is -0.492 e. The summed E-state index contributed by atoms with van der Waals surface area (Å²) in [7, 11) is 0. The van der Waals surface area contributed by atoms with Crippen LogP contribution in [0.2, 0.25) is 0 Å². The van der Waals surface area contributed by atoms with Gasteiger partial charge in [0.2, 0.25) is 0 Å². The van der Waals surface area contributed by atoms with Crippen LogP contribution in [0.1, 0.15) is 34.7 Å². The molecule has 0 unspecified atom stereocenters. The average molecular weight is 253 g/mol. The summed E-state index contributed by atoms with van der Waals surface area (Å²) < 4.78 is 5.61. The first-order valence-corrected chi connectivity index (χ1v) is 6.14. The summed E-state index contributed by atoms with van der Waals surface area (Å²) >= 11 is 0. The fourth-order valence-electron chi connectivity index (χ4n) is 1.53. The number of ether oxygens (including phenoxy) is 1. The van der Waals surface area contributed by atoms with Gasteiger partial charge in [-0.2, -0.15) is 0 Å². The minimum absolute atomic E-state index is 0. The van der Waals surface area contributed by atoms with Crippen molar-refractivity contribution in [1.82, 2.24) is 5.32 Å². The zero-order valence-electron chi connectivity index (χ0n) is 10.7. The number of benzene rings is 1. The number of aryl methyl sites for hydroxylation is 1. The normalized spacial score (nSPS) is 9.67. The van der Waals surface area contributed by atoms with Gasteiger partial charge in [-0.25, -0.2) is 0 Å². The zero-order valence-corrected chi connectivity index (χ0v) is 10.7. The van der Waals surface area contributed by atoms with Crippen molar-refractivity contribution < 1.29 is 11.0 Å². The van der Waals surface area contributed by atoms with Crippen molar-refractivity contribution >= 4 is 5.78 Å². The van der Waals surface area contributed by atoms with Gasteiger partial charge in [0.1, 0.15) is 18.1 Å². The molecular weight excluding hydrogens is 226 g/mol. The first kappa shape index (κ1) is 16.6. The summed E-state index contributed by atoms with van der Waals surface area (Å²) in [5.41, 5.74) is 1.15. The molecule has 0 aliphatic heterocycles. The number of hydrogen-bond donors (Lipinski definition) is 1. The molecule has 0 spiro atoms. The molecule has 0 aliphatic rings. The number of rotatable bonds is 8. The van der Waals surface area contributed by atoms with E-state index in [0.717, 1.165) is 30.8 Å². The lowest BCUT2D eigenvalue weighted by Crippen LogP contribution is -2.20. The summed E-state index contributed by atoms with van der Waals surface area (Å²) in [6.07, 6.45) is 1.39. The van der Waals surface area contributed by atoms with E-state index in [1.807, 2.05) is 24.3 Å². The number of carbonyl (C=O) groups excluding carboxylic acids is 1. The highest BCUT2D eigenvalue weighted by atomic mass is 16.5. The van der Waals surface area contributed by atoms with Gasteiger partial charge in [-0.15, -0.1) is 0 Å². The van der Waals surface area contributed by atoms with Crippen molar-refractivity contribution in [2.45, 2.75) is 34.1 Å². The third-order valence-corrected chi connectivity index (χ3v) is 2.46. The van der Waals surface area contributed by atoms with E-state index in [-0.39, 0.29) is 14.6 Å². The van der Waals surface area contributed by atoms with Gasteiger partial charge in [0.05, 0.1) is 0 Å². The molecule has 0 saturated carbocycles. The van der Waals surface area contributed by atoms with Crippen molar-refractivity contribution in [3.63, 3.8) is 0 Å². The molecule has 104 valence electrons. The van der Waals surface area contributed by atoms with E-state index in [1.165, 1.54) is 0 Å². The van der Waals surface area contributed by atoms with Gasteiger partial charge in [-0.05, 0) is 37.6 Å². The predicted octanol–water partition coefficient (Wildman–Crippen LogP) is 3.08. The van der Waals surface area contributed by atoms with Gasteiger partial charge in [-0.3, -0.25) is 0 Å². The highest BCUT2D eigenvalue weighted by Gasteiger charge is 1.99. The number of hydrogen-bond acceptors (Lipinski definition) is 3. The zero-order chi connectivity index (χ0) is 12.5. The Hall–Kier alpha value is -1.35. The summed E-state index contributed by atoms with van der Waals surface area (Å²) in [6.45, 7) is 6.18. The van der Waals surface area contributed by atoms with Gasteiger partial charge in [0.15, 0.2) is 0 Å². The Morgan fingerprint density at radius 3 is 2.89 bits per heavy atom. The molecular formula is C15H27NO2. The first-order valence-electron chi connectivity index (χ1n) is 6.14. The lowest BCUT2D eigenvalue weighted by Gasteiger charge is -2.08. The molecule has 0 atom stereocenters. The molecule has 1 aromatic rings. The van der Waals surface area contributed by atoms with Crippen molar-refractivity contribution in [2.75, 3.05) is 19.7 Å². The Morgan fingerprint density at radius 1 is 1.44 bits per heavy atom. The van der Waals surface area contributed by atoms with Crippen molar-refractivity contribution in [1.29, 1.82) is 0 Å². The molecule has 1 aromatic carbocycles. The van der Waals surface area contributed by atoms with E-state index >= 15 is 0 Å². The van der Waals surface area contributed by atoms with Gasteiger partial charge in [0.25, 0.3) is 0 Å². The molecule has 3 nitrogen and oxygen atoms in total. The standard InChI is InChI=1S/C14H21NO2.CH4.H2/c1-3-15-9-10-17-14-6-4-5-13(11-14)8-7-12(2)16;;/h4-6,11,15H,3,7-10H2,1-2H3;1H4;1H. The third-order valence-electron chi connectivity index (χ3n) is 2.46. The number of ketones is 1. The molecule has 1 N–H and O–H groups in total. The van der Waals surface area contributed by atoms with E-state index < -0.39 is 0 Å². The van der Waals surface area contributed by atoms with Crippen LogP contribution in [-0.2, 0) is 11.2 Å². The Balaban J connectivity index is 0. The number of carbonyl (C=O) groups is 1. The van der Waals surface area contributed by atoms with Crippen LogP contribution >= 0.6 is 0 Å². The molecule has 0 aliphatic carbocycles. The molecule has 0 heterocycles. The van der Waals surface area contributed by atoms with Crippen LogP contribution in [0, 0.1) is 0 Å². The molecule has 0 amide bonds. The highest BCUT2D eigenvalue weighted by Crippen LogP contribution is 2.14. The topological polar surface area (TPSA) is 38.3 Å². The monoisotopic (exact) mass is 253 g/mol. The maximum Gasteiger partial charge on any atom is 0.130 e. The van der Waals surface area contributed by atoms with Crippen LogP contribution in [0.25, 0.3) is 0 Å². The predicted molar refractivity (Wildman–Crippen MR) is 78.3 cm³/mol. The van der Waals surface area contributed by atoms with Crippen LogP contribution in [-0.4, -0.2) is 25.5 Å². The largest absolute Gasteiger partial charge is 0.492 e. The van der Waals surface area contributed by atoms with Crippen LogP contribution < -0.4 is 10.1 Å². The van der Waals surface area contributed by atoms with Crippen molar-refractivity contribution in [3.8, 4) is 5.75 Å². The number of Topliss-reactive ketones (excluding diaryl/α,β-unsaturated/α-hetero) is 1. The van der Waals surface area contributed by atoms with E-state index in [0.29, 0.717) is 13.0 Å². The van der Waals surface area contributed by atoms with Gasteiger partial charge < -0.3 is 14.8 Å². The second-order valence-corrected chi connectivity index (χ2v) is 4.05. The van der Waals surface area contributed by atoms with Crippen LogP contribution in [0.4, 0.5) is 0 Å². The summed E-state index contributed by atoms with van der Waals surface area (Å²) in [5, 5.41) is 3.20.